The van der Waals surface area contributed by atoms with Crippen LogP contribution in [-0.4, -0.2) is 0 Å². The summed E-state index contributed by atoms with van der Waals surface area (Å²) < 4.78 is 0. The predicted molar refractivity (Wildman–Crippen MR) is 180 cm³/mol. The summed E-state index contributed by atoms with van der Waals surface area (Å²) in [6.45, 7) is 0. The molecule has 3 aromatic rings. The lowest BCUT2D eigenvalue weighted by molar-refractivity contribution is 0.927. The molecule has 4 aliphatic rings. The van der Waals surface area contributed by atoms with E-state index in [0.717, 1.165) is 44.9 Å². The smallest absolute Gasteiger partial charge is 0.0464 e. The molecule has 0 amide bonds. The van der Waals surface area contributed by atoms with Gasteiger partial charge in [0.05, 0.1) is 0 Å². The van der Waals surface area contributed by atoms with Crippen molar-refractivity contribution in [3.8, 4) is 0 Å². The fraction of sp³-hybridized carbons (Fsp3) is 0.171. The van der Waals surface area contributed by atoms with Crippen molar-refractivity contribution in [2.24, 2.45) is 0 Å². The zero-order valence-electron chi connectivity index (χ0n) is 24.2. The molecule has 0 aromatic heterocycles. The van der Waals surface area contributed by atoms with E-state index in [2.05, 4.69) is 145 Å². The van der Waals surface area contributed by atoms with Crippen LogP contribution in [0.2, 0.25) is 0 Å². The Balaban J connectivity index is 1.13. The molecule has 0 saturated carbocycles. The lowest BCUT2D eigenvalue weighted by atomic mass is 9.93. The van der Waals surface area contributed by atoms with Crippen molar-refractivity contribution < 1.29 is 0 Å². The number of benzene rings is 3. The molecular formula is C41H37N. The van der Waals surface area contributed by atoms with E-state index in [1.807, 2.05) is 0 Å². The van der Waals surface area contributed by atoms with Crippen molar-refractivity contribution in [2.75, 3.05) is 4.90 Å². The molecule has 0 heterocycles. The van der Waals surface area contributed by atoms with E-state index in [0.29, 0.717) is 0 Å². The summed E-state index contributed by atoms with van der Waals surface area (Å²) in [5, 5.41) is 0. The summed E-state index contributed by atoms with van der Waals surface area (Å²) >= 11 is 0. The third-order valence-electron chi connectivity index (χ3n) is 8.81. The van der Waals surface area contributed by atoms with Gasteiger partial charge in [-0.3, -0.25) is 0 Å². The van der Waals surface area contributed by atoms with E-state index in [1.165, 1.54) is 61.6 Å². The molecule has 0 aliphatic heterocycles. The van der Waals surface area contributed by atoms with Crippen LogP contribution >= 0.6 is 0 Å². The van der Waals surface area contributed by atoms with Crippen LogP contribution in [-0.2, 0) is 6.42 Å². The van der Waals surface area contributed by atoms with E-state index in [-0.39, 0.29) is 0 Å². The minimum Gasteiger partial charge on any atom is -0.314 e. The maximum absolute atomic E-state index is 2.44. The molecule has 206 valence electrons. The van der Waals surface area contributed by atoms with Crippen LogP contribution in [0.1, 0.15) is 60.8 Å². The highest BCUT2D eigenvalue weighted by atomic mass is 15.1. The molecule has 0 spiro atoms. The molecule has 0 bridgehead atoms. The molecule has 1 heteroatoms. The number of rotatable bonds is 6. The average molecular weight is 544 g/mol. The maximum atomic E-state index is 2.44. The highest BCUT2D eigenvalue weighted by molar-refractivity contribution is 5.79. The van der Waals surface area contributed by atoms with Crippen molar-refractivity contribution in [3.05, 3.63) is 173 Å². The van der Waals surface area contributed by atoms with Crippen LogP contribution < -0.4 is 4.90 Å². The van der Waals surface area contributed by atoms with Crippen molar-refractivity contribution in [1.29, 1.82) is 0 Å². The van der Waals surface area contributed by atoms with Crippen LogP contribution in [0.3, 0.4) is 0 Å². The Labute approximate surface area is 250 Å². The van der Waals surface area contributed by atoms with Gasteiger partial charge in [0.1, 0.15) is 0 Å². The van der Waals surface area contributed by atoms with Gasteiger partial charge in [-0.05, 0) is 120 Å². The third kappa shape index (κ3) is 5.60. The van der Waals surface area contributed by atoms with Crippen LogP contribution in [0, 0.1) is 0 Å². The van der Waals surface area contributed by atoms with E-state index in [4.69, 9.17) is 0 Å². The number of anilines is 2. The Morgan fingerprint density at radius 2 is 1.36 bits per heavy atom. The van der Waals surface area contributed by atoms with Gasteiger partial charge in [-0.25, -0.2) is 0 Å². The quantitative estimate of drug-likeness (QED) is 0.299. The number of allylic oxidation sites excluding steroid dienone is 15. The zero-order chi connectivity index (χ0) is 28.1. The fourth-order valence-electron chi connectivity index (χ4n) is 6.47. The lowest BCUT2D eigenvalue weighted by Gasteiger charge is -2.30. The van der Waals surface area contributed by atoms with E-state index in [1.54, 1.807) is 0 Å². The SMILES string of the molecule is C1=CCCC(C2=CC=C(c3ccc(C4=CC=C(N(c5ccccc5)c5ccc6c(c5)C=CCC6)CC4)cc3)C=CC2)=C1. The van der Waals surface area contributed by atoms with E-state index in [9.17, 15) is 0 Å². The Morgan fingerprint density at radius 1 is 0.524 bits per heavy atom. The van der Waals surface area contributed by atoms with Gasteiger partial charge in [0.2, 0.25) is 0 Å². The number of hydrogen-bond donors (Lipinski definition) is 0. The maximum Gasteiger partial charge on any atom is 0.0464 e. The van der Waals surface area contributed by atoms with Crippen LogP contribution in [0.4, 0.5) is 11.4 Å². The van der Waals surface area contributed by atoms with Crippen LogP contribution in [0.25, 0.3) is 17.2 Å². The summed E-state index contributed by atoms with van der Waals surface area (Å²) in [7, 11) is 0. The second-order valence-electron chi connectivity index (χ2n) is 11.5. The van der Waals surface area contributed by atoms with Crippen molar-refractivity contribution in [1.82, 2.24) is 0 Å². The Morgan fingerprint density at radius 3 is 2.17 bits per heavy atom. The molecule has 7 rings (SSSR count). The number of fused-ring (bicyclic) bond motifs is 1. The molecule has 1 nitrogen and oxygen atoms in total. The molecule has 42 heavy (non-hydrogen) atoms. The van der Waals surface area contributed by atoms with Gasteiger partial charge < -0.3 is 4.90 Å². The minimum atomic E-state index is 1.00. The average Bonchev–Trinajstić information content (AvgIpc) is 3.33. The fourth-order valence-corrected chi connectivity index (χ4v) is 6.47. The summed E-state index contributed by atoms with van der Waals surface area (Å²) in [6, 6.07) is 26.9. The van der Waals surface area contributed by atoms with Gasteiger partial charge in [0.15, 0.2) is 0 Å². The molecule has 0 atom stereocenters. The highest BCUT2D eigenvalue weighted by Crippen LogP contribution is 2.38. The van der Waals surface area contributed by atoms with Gasteiger partial charge in [-0.1, -0.05) is 109 Å². The number of para-hydroxylation sites is 1. The molecule has 4 aliphatic carbocycles. The summed E-state index contributed by atoms with van der Waals surface area (Å²) in [4.78, 5) is 2.44. The third-order valence-corrected chi connectivity index (χ3v) is 8.81. The molecular weight excluding hydrogens is 506 g/mol. The Kier molecular flexibility index (Phi) is 7.57. The first-order valence-electron chi connectivity index (χ1n) is 15.4. The van der Waals surface area contributed by atoms with E-state index >= 15 is 0 Å². The first-order chi connectivity index (χ1) is 20.8. The molecule has 0 radical (unpaired) electrons. The van der Waals surface area contributed by atoms with Gasteiger partial charge in [-0.2, -0.15) is 0 Å². The topological polar surface area (TPSA) is 3.24 Å². The summed E-state index contributed by atoms with van der Waals surface area (Å²) in [5.74, 6) is 0. The van der Waals surface area contributed by atoms with E-state index < -0.39 is 0 Å². The Bertz CT molecular complexity index is 1720. The second-order valence-corrected chi connectivity index (χ2v) is 11.5. The molecule has 3 aromatic carbocycles. The lowest BCUT2D eigenvalue weighted by Crippen LogP contribution is -2.18. The summed E-state index contributed by atoms with van der Waals surface area (Å²) in [6.07, 6.45) is 32.7. The molecule has 0 saturated heterocycles. The standard InChI is InChI=1S/C41H37N/c1-3-10-31(11-4-1)32-14-9-15-33(19-18-32)35-20-22-36(23-21-35)37-24-27-40(28-25-37)42(39-16-5-2-6-17-39)41-29-26-34-12-7-8-13-38(34)30-41/h1-3,5-6,8-10,13,15-24,26-27,29-30H,4,7,11-12,14,25,28H2. The van der Waals surface area contributed by atoms with Crippen molar-refractivity contribution >= 4 is 28.6 Å². The number of hydrogen-bond acceptors (Lipinski definition) is 1. The molecule has 0 N–H and O–H groups in total. The van der Waals surface area contributed by atoms with Gasteiger partial charge >= 0.3 is 0 Å². The Hall–Kier alpha value is -4.62. The molecule has 0 fully saturated rings. The number of nitrogens with zero attached hydrogens (tertiary/aromatic N) is 1. The van der Waals surface area contributed by atoms with Crippen LogP contribution in [0.15, 0.2) is 150 Å². The van der Waals surface area contributed by atoms with Gasteiger partial charge in [0.25, 0.3) is 0 Å². The predicted octanol–water partition coefficient (Wildman–Crippen LogP) is 11.1. The first-order valence-corrected chi connectivity index (χ1v) is 15.4. The highest BCUT2D eigenvalue weighted by Gasteiger charge is 2.19. The summed E-state index contributed by atoms with van der Waals surface area (Å²) in [5.41, 5.74) is 14.8. The minimum absolute atomic E-state index is 1.00. The monoisotopic (exact) mass is 543 g/mol. The van der Waals surface area contributed by atoms with Crippen LogP contribution in [0.5, 0.6) is 0 Å². The van der Waals surface area contributed by atoms with Crippen molar-refractivity contribution in [2.45, 2.75) is 44.9 Å². The van der Waals surface area contributed by atoms with Gasteiger partial charge in [0, 0.05) is 17.1 Å². The van der Waals surface area contributed by atoms with Crippen molar-refractivity contribution in [3.63, 3.8) is 0 Å². The second kappa shape index (κ2) is 12.1. The zero-order valence-corrected chi connectivity index (χ0v) is 24.2. The molecule has 0 unspecified atom stereocenters. The van der Waals surface area contributed by atoms with Gasteiger partial charge in [-0.15, -0.1) is 0 Å². The normalized spacial score (nSPS) is 17.8. The largest absolute Gasteiger partial charge is 0.314 e. The first kappa shape index (κ1) is 26.3. The number of aryl methyl sites for hydroxylation is 1.